The first-order valence-corrected chi connectivity index (χ1v) is 6.98. The van der Waals surface area contributed by atoms with Crippen molar-refractivity contribution in [2.45, 2.75) is 37.6 Å². The van der Waals surface area contributed by atoms with E-state index in [1.807, 2.05) is 6.07 Å². The molecule has 0 aromatic heterocycles. The van der Waals surface area contributed by atoms with Crippen LogP contribution in [-0.2, 0) is 11.2 Å². The van der Waals surface area contributed by atoms with Gasteiger partial charge in [-0.25, -0.2) is 0 Å². The first-order chi connectivity index (χ1) is 9.62. The molecule has 1 aromatic carbocycles. The van der Waals surface area contributed by atoms with Crippen molar-refractivity contribution in [1.29, 1.82) is 0 Å². The molecule has 0 spiro atoms. The van der Waals surface area contributed by atoms with E-state index in [1.165, 1.54) is 0 Å². The van der Waals surface area contributed by atoms with Crippen LogP contribution in [0.4, 0.5) is 5.69 Å². The van der Waals surface area contributed by atoms with Crippen molar-refractivity contribution in [2.24, 2.45) is 0 Å². The summed E-state index contributed by atoms with van der Waals surface area (Å²) in [6, 6.07) is 5.31. The fraction of sp³-hybridized carbons (Fsp3) is 0.467. The van der Waals surface area contributed by atoms with E-state index < -0.39 is 5.54 Å². The van der Waals surface area contributed by atoms with Gasteiger partial charge in [0.2, 0.25) is 5.91 Å². The van der Waals surface area contributed by atoms with E-state index in [-0.39, 0.29) is 18.4 Å². The molecule has 5 nitrogen and oxygen atoms in total. The first-order valence-electron chi connectivity index (χ1n) is 6.98. The molecule has 0 saturated heterocycles. The van der Waals surface area contributed by atoms with E-state index >= 15 is 0 Å². The molecule has 5 heteroatoms. The van der Waals surface area contributed by atoms with Gasteiger partial charge >= 0.3 is 0 Å². The van der Waals surface area contributed by atoms with Gasteiger partial charge < -0.3 is 15.7 Å². The van der Waals surface area contributed by atoms with Gasteiger partial charge in [0.1, 0.15) is 0 Å². The normalized spacial score (nSPS) is 19.6. The summed E-state index contributed by atoms with van der Waals surface area (Å²) < 4.78 is 0. The van der Waals surface area contributed by atoms with Crippen LogP contribution in [0.2, 0.25) is 0 Å². The maximum atomic E-state index is 12.3. The third-order valence-electron chi connectivity index (χ3n) is 4.25. The summed E-state index contributed by atoms with van der Waals surface area (Å²) in [5.74, 6) is -0.137. The summed E-state index contributed by atoms with van der Waals surface area (Å²) in [5, 5.41) is 15.1. The summed E-state index contributed by atoms with van der Waals surface area (Å²) in [6.07, 6.45) is 3.82. The summed E-state index contributed by atoms with van der Waals surface area (Å²) in [5.41, 5.74) is 1.93. The van der Waals surface area contributed by atoms with Gasteiger partial charge in [-0.05, 0) is 49.4 Å². The van der Waals surface area contributed by atoms with Crippen molar-refractivity contribution in [3.05, 3.63) is 29.3 Å². The smallest absolute Gasteiger partial charge is 0.251 e. The molecular formula is C15H18N2O3. The Bertz CT molecular complexity index is 559. The molecule has 1 saturated carbocycles. The molecule has 2 amide bonds. The maximum Gasteiger partial charge on any atom is 0.251 e. The van der Waals surface area contributed by atoms with Crippen molar-refractivity contribution >= 4 is 17.5 Å². The molecule has 0 radical (unpaired) electrons. The summed E-state index contributed by atoms with van der Waals surface area (Å²) >= 11 is 0. The zero-order valence-corrected chi connectivity index (χ0v) is 11.2. The minimum atomic E-state index is -0.429. The van der Waals surface area contributed by atoms with Crippen LogP contribution in [0.3, 0.4) is 0 Å². The number of hydrogen-bond acceptors (Lipinski definition) is 3. The average molecular weight is 274 g/mol. The SMILES string of the molecule is O=C1CCc2cc(C(=O)NC3(CO)CCC3)ccc2N1. The summed E-state index contributed by atoms with van der Waals surface area (Å²) in [7, 11) is 0. The van der Waals surface area contributed by atoms with Crippen molar-refractivity contribution < 1.29 is 14.7 Å². The molecule has 1 heterocycles. The Morgan fingerprint density at radius 3 is 2.80 bits per heavy atom. The molecule has 1 aliphatic heterocycles. The van der Waals surface area contributed by atoms with Crippen molar-refractivity contribution in [1.82, 2.24) is 5.32 Å². The van der Waals surface area contributed by atoms with Gasteiger partial charge in [-0.3, -0.25) is 9.59 Å². The minimum absolute atomic E-state index is 0.0141. The van der Waals surface area contributed by atoms with Crippen LogP contribution >= 0.6 is 0 Å². The summed E-state index contributed by atoms with van der Waals surface area (Å²) in [4.78, 5) is 23.6. The predicted molar refractivity (Wildman–Crippen MR) is 74.5 cm³/mol. The molecule has 20 heavy (non-hydrogen) atoms. The molecule has 3 N–H and O–H groups in total. The third-order valence-corrected chi connectivity index (χ3v) is 4.25. The Hall–Kier alpha value is -1.88. The quantitative estimate of drug-likeness (QED) is 0.775. The third kappa shape index (κ3) is 2.29. The lowest BCUT2D eigenvalue weighted by Gasteiger charge is -2.41. The Morgan fingerprint density at radius 2 is 2.15 bits per heavy atom. The van der Waals surface area contributed by atoms with Gasteiger partial charge in [-0.1, -0.05) is 0 Å². The lowest BCUT2D eigenvalue weighted by molar-refractivity contribution is -0.116. The van der Waals surface area contributed by atoms with Crippen LogP contribution in [0.15, 0.2) is 18.2 Å². The first kappa shape index (κ1) is 13.1. The van der Waals surface area contributed by atoms with E-state index in [0.717, 1.165) is 30.5 Å². The number of carbonyl (C=O) groups is 2. The van der Waals surface area contributed by atoms with Crippen molar-refractivity contribution in [3.63, 3.8) is 0 Å². The highest BCUT2D eigenvalue weighted by Gasteiger charge is 2.37. The maximum absolute atomic E-state index is 12.3. The van der Waals surface area contributed by atoms with Gasteiger partial charge in [0.05, 0.1) is 12.1 Å². The number of nitrogens with one attached hydrogen (secondary N) is 2. The Labute approximate surface area is 117 Å². The lowest BCUT2D eigenvalue weighted by atomic mass is 9.77. The molecule has 0 bridgehead atoms. The van der Waals surface area contributed by atoms with E-state index in [2.05, 4.69) is 10.6 Å². The molecular weight excluding hydrogens is 256 g/mol. The largest absolute Gasteiger partial charge is 0.394 e. The highest BCUT2D eigenvalue weighted by molar-refractivity contribution is 5.98. The Kier molecular flexibility index (Phi) is 3.22. The molecule has 0 atom stereocenters. The van der Waals surface area contributed by atoms with Crippen molar-refractivity contribution in [3.8, 4) is 0 Å². The topological polar surface area (TPSA) is 78.4 Å². The number of rotatable bonds is 3. The number of anilines is 1. The van der Waals surface area contributed by atoms with Gasteiger partial charge in [-0.15, -0.1) is 0 Å². The Morgan fingerprint density at radius 1 is 1.35 bits per heavy atom. The summed E-state index contributed by atoms with van der Waals surface area (Å²) in [6.45, 7) is -0.0141. The molecule has 2 aliphatic rings. The monoisotopic (exact) mass is 274 g/mol. The average Bonchev–Trinajstić information content (AvgIpc) is 2.42. The molecule has 1 aliphatic carbocycles. The van der Waals surface area contributed by atoms with Gasteiger partial charge in [-0.2, -0.15) is 0 Å². The number of aryl methyl sites for hydroxylation is 1. The zero-order valence-electron chi connectivity index (χ0n) is 11.2. The molecule has 0 unspecified atom stereocenters. The van der Waals surface area contributed by atoms with Crippen LogP contribution in [0, 0.1) is 0 Å². The van der Waals surface area contributed by atoms with Crippen molar-refractivity contribution in [2.75, 3.05) is 11.9 Å². The molecule has 3 rings (SSSR count). The number of amides is 2. The molecule has 106 valence electrons. The highest BCUT2D eigenvalue weighted by atomic mass is 16.3. The second-order valence-corrected chi connectivity index (χ2v) is 5.67. The second kappa shape index (κ2) is 4.90. The van der Waals surface area contributed by atoms with E-state index in [9.17, 15) is 14.7 Å². The van der Waals surface area contributed by atoms with Gasteiger partial charge in [0.15, 0.2) is 0 Å². The fourth-order valence-corrected chi connectivity index (χ4v) is 2.76. The molecule has 1 fully saturated rings. The molecule has 1 aromatic rings. The van der Waals surface area contributed by atoms with Gasteiger partial charge in [0, 0.05) is 17.7 Å². The highest BCUT2D eigenvalue weighted by Crippen LogP contribution is 2.32. The lowest BCUT2D eigenvalue weighted by Crippen LogP contribution is -2.56. The second-order valence-electron chi connectivity index (χ2n) is 5.67. The fourth-order valence-electron chi connectivity index (χ4n) is 2.76. The van der Waals surface area contributed by atoms with Crippen LogP contribution < -0.4 is 10.6 Å². The van der Waals surface area contributed by atoms with E-state index in [0.29, 0.717) is 18.4 Å². The number of carbonyl (C=O) groups excluding carboxylic acids is 2. The van der Waals surface area contributed by atoms with Crippen LogP contribution in [0.25, 0.3) is 0 Å². The standard InChI is InChI=1S/C15H18N2O3/c18-9-15(6-1-7-15)17-14(20)11-2-4-12-10(8-11)3-5-13(19)16-12/h2,4,8,18H,1,3,5-7,9H2,(H,16,19)(H,17,20). The van der Waals surface area contributed by atoms with Gasteiger partial charge in [0.25, 0.3) is 5.91 Å². The van der Waals surface area contributed by atoms with E-state index in [1.54, 1.807) is 12.1 Å². The van der Waals surface area contributed by atoms with E-state index in [4.69, 9.17) is 0 Å². The van der Waals surface area contributed by atoms with Crippen LogP contribution in [0.1, 0.15) is 41.6 Å². The van der Waals surface area contributed by atoms with Crippen LogP contribution in [0.5, 0.6) is 0 Å². The number of aliphatic hydroxyl groups is 1. The predicted octanol–water partition coefficient (Wildman–Crippen LogP) is 1.22. The minimum Gasteiger partial charge on any atom is -0.394 e. The Balaban J connectivity index is 1.77. The van der Waals surface area contributed by atoms with Crippen LogP contribution in [-0.4, -0.2) is 29.1 Å². The number of benzene rings is 1. The number of aliphatic hydroxyl groups excluding tert-OH is 1. The number of fused-ring (bicyclic) bond motifs is 1. The zero-order chi connectivity index (χ0) is 14.2. The number of hydrogen-bond donors (Lipinski definition) is 3.